The number of quaternary nitrogens is 1. The molecule has 0 heterocycles. The van der Waals surface area contributed by atoms with Crippen molar-refractivity contribution >= 4 is 13.7 Å². The van der Waals surface area contributed by atoms with Crippen molar-refractivity contribution in [2.24, 2.45) is 0 Å². The predicted molar refractivity (Wildman–Crippen MR) is 224 cm³/mol. The lowest BCUT2D eigenvalue weighted by molar-refractivity contribution is -0.870. The third-order valence-corrected chi connectivity index (χ3v) is 11.2. The van der Waals surface area contributed by atoms with Gasteiger partial charge in [-0.25, -0.2) is 0 Å². The molecule has 0 aliphatic rings. The normalized spacial score (nSPS) is 14.5. The molecule has 53 heavy (non-hydrogen) atoms. The molecule has 316 valence electrons. The first kappa shape index (κ1) is 52.2. The average Bonchev–Trinajstić information content (AvgIpc) is 3.10. The van der Waals surface area contributed by atoms with E-state index in [9.17, 15) is 19.4 Å². The van der Waals surface area contributed by atoms with Crippen LogP contribution in [-0.2, 0) is 18.4 Å². The third kappa shape index (κ3) is 39.3. The summed E-state index contributed by atoms with van der Waals surface area (Å²) in [4.78, 5) is 25.2. The summed E-state index contributed by atoms with van der Waals surface area (Å²) in [5.41, 5.74) is 0. The third-order valence-electron chi connectivity index (χ3n) is 10.2. The Bertz CT molecular complexity index is 880. The second kappa shape index (κ2) is 36.9. The highest BCUT2D eigenvalue weighted by molar-refractivity contribution is 7.45. The molecule has 0 radical (unpaired) electrons. The number of likely N-dealkylation sites (N-methyl/N-ethyl adjacent to an activating group) is 1. The molecule has 0 saturated carbocycles. The molecular weight excluding hydrogens is 683 g/mol. The van der Waals surface area contributed by atoms with E-state index < -0.39 is 20.0 Å². The molecule has 0 aromatic heterocycles. The molecule has 1 unspecified atom stereocenters. The highest BCUT2D eigenvalue weighted by atomic mass is 31.2. The molecule has 0 aromatic carbocycles. The number of hydrogen-bond donors (Lipinski definition) is 2. The maximum Gasteiger partial charge on any atom is 0.268 e. The fraction of sp³-hybridized carbons (Fsp3) is 0.932. The fourth-order valence-electron chi connectivity index (χ4n) is 6.62. The standard InChI is InChI=1S/C44H89N2O6P/c1-6-8-10-12-14-16-18-19-20-21-22-23-24-25-26-27-28-30-32-34-36-38-44(48)45-42(41-52-53(49,50)51-40-39-46(3,4)5)43(47)37-35-33-31-29-17-15-13-11-9-7-2/h35,37,42-43,47H,6-34,36,38-41H2,1-5H3,(H-,45,48,49,50)/b37-35+/t42-,43+/m0/s1. The van der Waals surface area contributed by atoms with Crippen LogP contribution in [0.5, 0.6) is 0 Å². The van der Waals surface area contributed by atoms with Crippen molar-refractivity contribution < 1.29 is 32.9 Å². The number of aliphatic hydroxyl groups excluding tert-OH is 1. The smallest absolute Gasteiger partial charge is 0.268 e. The molecule has 0 aliphatic heterocycles. The summed E-state index contributed by atoms with van der Waals surface area (Å²) >= 11 is 0. The van der Waals surface area contributed by atoms with Crippen LogP contribution in [0.25, 0.3) is 0 Å². The summed E-state index contributed by atoms with van der Waals surface area (Å²) in [6.07, 6.45) is 41.2. The Kier molecular flexibility index (Phi) is 36.3. The number of carbonyl (C=O) groups excluding carboxylic acids is 1. The molecule has 0 aliphatic carbocycles. The van der Waals surface area contributed by atoms with Crippen molar-refractivity contribution in [3.8, 4) is 0 Å². The average molecular weight is 773 g/mol. The maximum absolute atomic E-state index is 12.8. The number of nitrogens with zero attached hydrogens (tertiary/aromatic N) is 1. The number of phosphoric acid groups is 1. The first-order chi connectivity index (χ1) is 25.5. The van der Waals surface area contributed by atoms with Gasteiger partial charge in [-0.1, -0.05) is 199 Å². The number of rotatable bonds is 41. The summed E-state index contributed by atoms with van der Waals surface area (Å²) < 4.78 is 23.1. The van der Waals surface area contributed by atoms with E-state index in [0.29, 0.717) is 17.4 Å². The quantitative estimate of drug-likeness (QED) is 0.0277. The zero-order valence-corrected chi connectivity index (χ0v) is 36.6. The number of amides is 1. The summed E-state index contributed by atoms with van der Waals surface area (Å²) in [6, 6.07) is -0.878. The van der Waals surface area contributed by atoms with Crippen molar-refractivity contribution in [2.75, 3.05) is 40.9 Å². The van der Waals surface area contributed by atoms with Gasteiger partial charge in [0.15, 0.2) is 0 Å². The SMILES string of the molecule is CCCCCCCCCC/C=C/[C@@H](O)[C@H](COP(=O)([O-])OCC[N+](C)(C)C)NC(=O)CCCCCCCCCCCCCCCCCCCCCCC. The summed E-state index contributed by atoms with van der Waals surface area (Å²) in [6.45, 7) is 4.64. The Morgan fingerprint density at radius 3 is 1.42 bits per heavy atom. The van der Waals surface area contributed by atoms with E-state index in [1.807, 2.05) is 27.2 Å². The molecule has 0 rings (SSSR count). The van der Waals surface area contributed by atoms with Crippen LogP contribution in [0.1, 0.15) is 213 Å². The Balaban J connectivity index is 4.23. The molecule has 0 spiro atoms. The summed E-state index contributed by atoms with van der Waals surface area (Å²) in [5.74, 6) is -0.196. The molecule has 0 saturated heterocycles. The van der Waals surface area contributed by atoms with Gasteiger partial charge in [-0.3, -0.25) is 9.36 Å². The number of phosphoric ester groups is 1. The Morgan fingerprint density at radius 2 is 1.02 bits per heavy atom. The zero-order chi connectivity index (χ0) is 39.3. The van der Waals surface area contributed by atoms with Gasteiger partial charge >= 0.3 is 0 Å². The molecule has 0 bridgehead atoms. The van der Waals surface area contributed by atoms with E-state index >= 15 is 0 Å². The predicted octanol–water partition coefficient (Wildman–Crippen LogP) is 11.7. The van der Waals surface area contributed by atoms with Crippen molar-refractivity contribution in [3.05, 3.63) is 12.2 Å². The first-order valence-electron chi connectivity index (χ1n) is 22.6. The minimum Gasteiger partial charge on any atom is -0.756 e. The van der Waals surface area contributed by atoms with Crippen LogP contribution in [-0.4, -0.2) is 68.5 Å². The first-order valence-corrected chi connectivity index (χ1v) is 24.0. The number of aliphatic hydroxyl groups is 1. The summed E-state index contributed by atoms with van der Waals surface area (Å²) in [7, 11) is 1.27. The van der Waals surface area contributed by atoms with Crippen LogP contribution in [0.15, 0.2) is 12.2 Å². The Labute approximate surface area is 329 Å². The van der Waals surface area contributed by atoms with Gasteiger partial charge in [0.25, 0.3) is 7.82 Å². The second-order valence-electron chi connectivity index (χ2n) is 16.8. The van der Waals surface area contributed by atoms with Gasteiger partial charge < -0.3 is 28.8 Å². The lowest BCUT2D eigenvalue weighted by atomic mass is 10.0. The molecule has 9 heteroatoms. The number of hydrogen-bond acceptors (Lipinski definition) is 6. The zero-order valence-electron chi connectivity index (χ0n) is 35.7. The van der Waals surface area contributed by atoms with Gasteiger partial charge in [-0.05, 0) is 19.3 Å². The molecule has 8 nitrogen and oxygen atoms in total. The second-order valence-corrected chi connectivity index (χ2v) is 18.2. The molecule has 1 amide bonds. The monoisotopic (exact) mass is 773 g/mol. The fourth-order valence-corrected chi connectivity index (χ4v) is 7.35. The van der Waals surface area contributed by atoms with E-state index in [2.05, 4.69) is 19.2 Å². The highest BCUT2D eigenvalue weighted by Crippen LogP contribution is 2.38. The van der Waals surface area contributed by atoms with Crippen molar-refractivity contribution in [1.29, 1.82) is 0 Å². The maximum atomic E-state index is 12.8. The van der Waals surface area contributed by atoms with Gasteiger partial charge in [0.2, 0.25) is 5.91 Å². The van der Waals surface area contributed by atoms with E-state index in [1.54, 1.807) is 6.08 Å². The van der Waals surface area contributed by atoms with Crippen LogP contribution in [0, 0.1) is 0 Å². The highest BCUT2D eigenvalue weighted by Gasteiger charge is 2.23. The van der Waals surface area contributed by atoms with Crippen LogP contribution in [0.4, 0.5) is 0 Å². The lowest BCUT2D eigenvalue weighted by Gasteiger charge is -2.29. The van der Waals surface area contributed by atoms with Crippen LogP contribution >= 0.6 is 7.82 Å². The number of unbranched alkanes of at least 4 members (excludes halogenated alkanes) is 28. The lowest BCUT2D eigenvalue weighted by Crippen LogP contribution is -2.45. The van der Waals surface area contributed by atoms with Crippen molar-refractivity contribution in [1.82, 2.24) is 5.32 Å². The van der Waals surface area contributed by atoms with Gasteiger partial charge in [0.1, 0.15) is 13.2 Å². The molecule has 3 atom stereocenters. The van der Waals surface area contributed by atoms with Crippen LogP contribution in [0.3, 0.4) is 0 Å². The van der Waals surface area contributed by atoms with E-state index in [-0.39, 0.29) is 19.1 Å². The van der Waals surface area contributed by atoms with Gasteiger partial charge in [-0.2, -0.15) is 0 Å². The Morgan fingerprint density at radius 1 is 0.642 bits per heavy atom. The number of nitrogens with one attached hydrogen (secondary N) is 1. The van der Waals surface area contributed by atoms with Crippen LogP contribution in [0.2, 0.25) is 0 Å². The number of carbonyl (C=O) groups is 1. The van der Waals surface area contributed by atoms with E-state index in [1.165, 1.54) is 154 Å². The van der Waals surface area contributed by atoms with Gasteiger partial charge in [0, 0.05) is 6.42 Å². The van der Waals surface area contributed by atoms with E-state index in [0.717, 1.165) is 38.5 Å². The Hall–Kier alpha value is -0.760. The van der Waals surface area contributed by atoms with Gasteiger partial charge in [-0.15, -0.1) is 0 Å². The molecule has 0 aromatic rings. The number of allylic oxidation sites excluding steroid dienone is 1. The van der Waals surface area contributed by atoms with Gasteiger partial charge in [0.05, 0.1) is 39.9 Å². The molecule has 0 fully saturated rings. The molecule has 2 N–H and O–H groups in total. The minimum absolute atomic E-state index is 0.00182. The van der Waals surface area contributed by atoms with Crippen molar-refractivity contribution in [2.45, 2.75) is 225 Å². The minimum atomic E-state index is -4.58. The molecular formula is C44H89N2O6P. The van der Waals surface area contributed by atoms with Crippen molar-refractivity contribution in [3.63, 3.8) is 0 Å². The van der Waals surface area contributed by atoms with Crippen LogP contribution < -0.4 is 10.2 Å². The topological polar surface area (TPSA) is 108 Å². The largest absolute Gasteiger partial charge is 0.756 e. The van der Waals surface area contributed by atoms with E-state index in [4.69, 9.17) is 9.05 Å². The summed E-state index contributed by atoms with van der Waals surface area (Å²) in [5, 5.41) is 13.7.